The average molecular weight is 268 g/mol. The summed E-state index contributed by atoms with van der Waals surface area (Å²) < 4.78 is 13.0. The molecule has 20 heavy (non-hydrogen) atoms. The number of fused-ring (bicyclic) bond motifs is 1. The Balaban J connectivity index is 2.30. The van der Waals surface area contributed by atoms with Gasteiger partial charge in [-0.1, -0.05) is 18.2 Å². The summed E-state index contributed by atoms with van der Waals surface area (Å²) in [7, 11) is 0. The van der Waals surface area contributed by atoms with E-state index >= 15 is 0 Å². The van der Waals surface area contributed by atoms with Gasteiger partial charge in [-0.05, 0) is 35.4 Å². The molecule has 4 nitrogen and oxygen atoms in total. The first kappa shape index (κ1) is 12.2. The Morgan fingerprint density at radius 1 is 1.05 bits per heavy atom. The number of nitro groups is 1. The van der Waals surface area contributed by atoms with Crippen LogP contribution in [-0.2, 0) is 0 Å². The lowest BCUT2D eigenvalue weighted by atomic mass is 10.00. The van der Waals surface area contributed by atoms with Gasteiger partial charge < -0.3 is 0 Å². The largest absolute Gasteiger partial charge is 0.295 e. The lowest BCUT2D eigenvalue weighted by molar-refractivity contribution is -0.383. The van der Waals surface area contributed by atoms with Crippen LogP contribution in [-0.4, -0.2) is 9.91 Å². The minimum atomic E-state index is -0.455. The van der Waals surface area contributed by atoms with Gasteiger partial charge in [-0.2, -0.15) is 0 Å². The highest BCUT2D eigenvalue weighted by atomic mass is 19.1. The van der Waals surface area contributed by atoms with Crippen LogP contribution in [0, 0.1) is 15.9 Å². The monoisotopic (exact) mass is 268 g/mol. The van der Waals surface area contributed by atoms with Gasteiger partial charge >= 0.3 is 0 Å². The minimum Gasteiger partial charge on any atom is -0.258 e. The molecule has 98 valence electrons. The molecule has 0 aliphatic rings. The van der Waals surface area contributed by atoms with Gasteiger partial charge in [0.05, 0.1) is 4.92 Å². The fourth-order valence-corrected chi connectivity index (χ4v) is 2.19. The van der Waals surface area contributed by atoms with Crippen molar-refractivity contribution in [2.45, 2.75) is 0 Å². The third-order valence-corrected chi connectivity index (χ3v) is 3.10. The van der Waals surface area contributed by atoms with E-state index in [1.165, 1.54) is 24.4 Å². The Bertz CT molecular complexity index is 801. The van der Waals surface area contributed by atoms with Crippen LogP contribution in [0.25, 0.3) is 22.0 Å². The quantitative estimate of drug-likeness (QED) is 0.522. The third-order valence-electron chi connectivity index (χ3n) is 3.10. The SMILES string of the molecule is O=[N+]([O-])c1ccc(-c2ccc(F)cc2)c2cccnc12. The van der Waals surface area contributed by atoms with Crippen molar-refractivity contribution >= 4 is 16.6 Å². The topological polar surface area (TPSA) is 56.0 Å². The maximum Gasteiger partial charge on any atom is 0.295 e. The standard InChI is InChI=1S/C15H9FN2O2/c16-11-5-3-10(4-6-11)12-7-8-14(18(19)20)15-13(12)2-1-9-17-15/h1-9H. The molecule has 2 aromatic carbocycles. The van der Waals surface area contributed by atoms with Crippen molar-refractivity contribution in [3.8, 4) is 11.1 Å². The van der Waals surface area contributed by atoms with Gasteiger partial charge in [-0.25, -0.2) is 9.37 Å². The normalized spacial score (nSPS) is 10.7. The number of benzene rings is 2. The third kappa shape index (κ3) is 1.99. The molecule has 0 unspecified atom stereocenters. The van der Waals surface area contributed by atoms with Gasteiger partial charge in [-0.15, -0.1) is 0 Å². The molecule has 0 saturated heterocycles. The van der Waals surface area contributed by atoms with E-state index in [2.05, 4.69) is 4.98 Å². The Kier molecular flexibility index (Phi) is 2.87. The Labute approximate surface area is 113 Å². The molecule has 3 rings (SSSR count). The molecular weight excluding hydrogens is 259 g/mol. The first-order chi connectivity index (χ1) is 9.66. The highest BCUT2D eigenvalue weighted by molar-refractivity contribution is 5.99. The second kappa shape index (κ2) is 4.70. The van der Waals surface area contributed by atoms with E-state index in [1.807, 2.05) is 0 Å². The van der Waals surface area contributed by atoms with E-state index in [0.29, 0.717) is 10.9 Å². The summed E-state index contributed by atoms with van der Waals surface area (Å²) in [4.78, 5) is 14.7. The van der Waals surface area contributed by atoms with Crippen molar-refractivity contribution in [3.63, 3.8) is 0 Å². The number of halogens is 1. The van der Waals surface area contributed by atoms with Crippen LogP contribution < -0.4 is 0 Å². The van der Waals surface area contributed by atoms with E-state index in [9.17, 15) is 14.5 Å². The Morgan fingerprint density at radius 3 is 2.50 bits per heavy atom. The molecule has 0 N–H and O–H groups in total. The first-order valence-electron chi connectivity index (χ1n) is 5.95. The molecule has 0 aliphatic carbocycles. The van der Waals surface area contributed by atoms with E-state index < -0.39 is 4.92 Å². The van der Waals surface area contributed by atoms with Crippen LogP contribution in [0.2, 0.25) is 0 Å². The summed E-state index contributed by atoms with van der Waals surface area (Å²) in [6.07, 6.45) is 1.52. The lowest BCUT2D eigenvalue weighted by Gasteiger charge is -2.06. The van der Waals surface area contributed by atoms with Crippen LogP contribution in [0.4, 0.5) is 10.1 Å². The van der Waals surface area contributed by atoms with Crippen molar-refractivity contribution in [2.24, 2.45) is 0 Å². The van der Waals surface area contributed by atoms with E-state index in [4.69, 9.17) is 0 Å². The summed E-state index contributed by atoms with van der Waals surface area (Å²) in [6, 6.07) is 12.6. The summed E-state index contributed by atoms with van der Waals surface area (Å²) >= 11 is 0. The van der Waals surface area contributed by atoms with Crippen molar-refractivity contribution in [2.75, 3.05) is 0 Å². The summed E-state index contributed by atoms with van der Waals surface area (Å²) in [5.74, 6) is -0.321. The van der Waals surface area contributed by atoms with Crippen LogP contribution in [0.15, 0.2) is 54.7 Å². The zero-order valence-corrected chi connectivity index (χ0v) is 10.3. The summed E-state index contributed by atoms with van der Waals surface area (Å²) in [5, 5.41) is 11.7. The Hall–Kier alpha value is -2.82. The van der Waals surface area contributed by atoms with E-state index in [0.717, 1.165) is 11.1 Å². The number of rotatable bonds is 2. The summed E-state index contributed by atoms with van der Waals surface area (Å²) in [5.41, 5.74) is 1.88. The number of hydrogen-bond donors (Lipinski definition) is 0. The molecule has 0 amide bonds. The number of aromatic nitrogens is 1. The maximum atomic E-state index is 13.0. The van der Waals surface area contributed by atoms with Crippen molar-refractivity contribution in [3.05, 3.63) is 70.7 Å². The highest BCUT2D eigenvalue weighted by Crippen LogP contribution is 2.32. The van der Waals surface area contributed by atoms with Crippen LogP contribution in [0.3, 0.4) is 0 Å². The fourth-order valence-electron chi connectivity index (χ4n) is 2.19. The molecule has 1 heterocycles. The summed E-state index contributed by atoms with van der Waals surface area (Å²) in [6.45, 7) is 0. The molecule has 0 fully saturated rings. The van der Waals surface area contributed by atoms with Gasteiger partial charge in [0.1, 0.15) is 11.3 Å². The van der Waals surface area contributed by atoms with Crippen LogP contribution in [0.1, 0.15) is 0 Å². The van der Waals surface area contributed by atoms with Crippen molar-refractivity contribution < 1.29 is 9.31 Å². The second-order valence-corrected chi connectivity index (χ2v) is 4.30. The zero-order chi connectivity index (χ0) is 14.1. The molecule has 0 atom stereocenters. The van der Waals surface area contributed by atoms with Crippen LogP contribution in [0.5, 0.6) is 0 Å². The molecule has 1 aromatic heterocycles. The van der Waals surface area contributed by atoms with Gasteiger partial charge in [0.2, 0.25) is 0 Å². The first-order valence-corrected chi connectivity index (χ1v) is 5.95. The molecule has 0 saturated carbocycles. The molecule has 0 spiro atoms. The predicted molar refractivity (Wildman–Crippen MR) is 73.8 cm³/mol. The molecular formula is C15H9FN2O2. The minimum absolute atomic E-state index is 0.0357. The number of hydrogen-bond acceptors (Lipinski definition) is 3. The fraction of sp³-hybridized carbons (Fsp3) is 0. The van der Waals surface area contributed by atoms with Crippen molar-refractivity contribution in [1.29, 1.82) is 0 Å². The average Bonchev–Trinajstić information content (AvgIpc) is 2.47. The number of nitro benzene ring substituents is 1. The zero-order valence-electron chi connectivity index (χ0n) is 10.3. The molecule has 0 aliphatic heterocycles. The number of nitrogens with zero attached hydrogens (tertiary/aromatic N) is 2. The predicted octanol–water partition coefficient (Wildman–Crippen LogP) is 3.95. The van der Waals surface area contributed by atoms with Crippen molar-refractivity contribution in [1.82, 2.24) is 4.98 Å². The van der Waals surface area contributed by atoms with Gasteiger partial charge in [0.25, 0.3) is 5.69 Å². The highest BCUT2D eigenvalue weighted by Gasteiger charge is 2.15. The smallest absolute Gasteiger partial charge is 0.258 e. The van der Waals surface area contributed by atoms with Gasteiger partial charge in [0, 0.05) is 17.6 Å². The number of non-ortho nitro benzene ring substituents is 1. The van der Waals surface area contributed by atoms with Crippen LogP contribution >= 0.6 is 0 Å². The molecule has 5 heteroatoms. The molecule has 3 aromatic rings. The second-order valence-electron chi connectivity index (χ2n) is 4.30. The lowest BCUT2D eigenvalue weighted by Crippen LogP contribution is -1.93. The molecule has 0 radical (unpaired) electrons. The van der Waals surface area contributed by atoms with E-state index in [1.54, 1.807) is 30.3 Å². The maximum absolute atomic E-state index is 13.0. The number of pyridine rings is 1. The Morgan fingerprint density at radius 2 is 1.80 bits per heavy atom. The van der Waals surface area contributed by atoms with Gasteiger partial charge in [-0.3, -0.25) is 10.1 Å². The van der Waals surface area contributed by atoms with E-state index in [-0.39, 0.29) is 11.5 Å². The molecule has 0 bridgehead atoms. The van der Waals surface area contributed by atoms with Gasteiger partial charge in [0.15, 0.2) is 0 Å².